The molecule has 2 aliphatic carbocycles. The first-order valence-corrected chi connectivity index (χ1v) is 11.3. The molecule has 2 heterocycles. The number of alkyl halides is 4. The molecule has 0 spiro atoms. The van der Waals surface area contributed by atoms with Crippen molar-refractivity contribution in [3.63, 3.8) is 0 Å². The minimum Gasteiger partial charge on any atom is -0.351 e. The quantitative estimate of drug-likeness (QED) is 0.534. The number of hydrogen-bond acceptors (Lipinski definition) is 6. The molecule has 0 radical (unpaired) electrons. The van der Waals surface area contributed by atoms with Crippen molar-refractivity contribution in [2.24, 2.45) is 0 Å². The maximum atomic E-state index is 14.6. The number of pyridine rings is 1. The molecular formula is C22H27F5N6. The van der Waals surface area contributed by atoms with E-state index in [1.165, 1.54) is 6.07 Å². The number of nitrogens with one attached hydrogen (secondary N) is 2. The average Bonchev–Trinajstić information content (AvgIpc) is 2.77. The summed E-state index contributed by atoms with van der Waals surface area (Å²) in [5.41, 5.74) is 0.605. The van der Waals surface area contributed by atoms with Crippen LogP contribution in [0, 0.1) is 5.82 Å². The number of aryl methyl sites for hydroxylation is 1. The molecule has 0 aromatic carbocycles. The molecule has 33 heavy (non-hydrogen) atoms. The van der Waals surface area contributed by atoms with Crippen LogP contribution in [0.3, 0.4) is 0 Å². The highest BCUT2D eigenvalue weighted by Gasteiger charge is 2.36. The first-order chi connectivity index (χ1) is 15.6. The second kappa shape index (κ2) is 9.34. The average molecular weight is 470 g/mol. The fraction of sp³-hybridized carbons (Fsp3) is 0.636. The van der Waals surface area contributed by atoms with E-state index in [2.05, 4.69) is 30.6 Å². The number of anilines is 2. The van der Waals surface area contributed by atoms with Crippen LogP contribution in [0.15, 0.2) is 12.1 Å². The first kappa shape index (κ1) is 23.6. The third-order valence-electron chi connectivity index (χ3n) is 6.21. The van der Waals surface area contributed by atoms with Gasteiger partial charge in [0, 0.05) is 43.5 Å². The fourth-order valence-electron chi connectivity index (χ4n) is 4.18. The summed E-state index contributed by atoms with van der Waals surface area (Å²) in [6.45, 7) is 1.88. The van der Waals surface area contributed by atoms with Gasteiger partial charge in [0.05, 0.1) is 0 Å². The lowest BCUT2D eigenvalue weighted by atomic mass is 9.92. The molecule has 2 fully saturated rings. The molecule has 11 heteroatoms. The summed E-state index contributed by atoms with van der Waals surface area (Å²) >= 11 is 0. The lowest BCUT2D eigenvalue weighted by Crippen LogP contribution is -2.33. The summed E-state index contributed by atoms with van der Waals surface area (Å²) in [4.78, 5) is 17.2. The van der Waals surface area contributed by atoms with Gasteiger partial charge in [-0.25, -0.2) is 26.9 Å². The van der Waals surface area contributed by atoms with Gasteiger partial charge in [-0.2, -0.15) is 15.0 Å². The van der Waals surface area contributed by atoms with Crippen LogP contribution in [0.25, 0.3) is 11.5 Å². The van der Waals surface area contributed by atoms with Gasteiger partial charge in [0.25, 0.3) is 0 Å². The van der Waals surface area contributed by atoms with Crippen LogP contribution in [0.2, 0.25) is 0 Å². The van der Waals surface area contributed by atoms with E-state index in [9.17, 15) is 22.0 Å². The maximum absolute atomic E-state index is 14.6. The van der Waals surface area contributed by atoms with Crippen molar-refractivity contribution in [2.45, 2.75) is 88.6 Å². The Kier molecular flexibility index (Phi) is 6.67. The van der Waals surface area contributed by atoms with Gasteiger partial charge in [-0.05, 0) is 44.2 Å². The zero-order valence-corrected chi connectivity index (χ0v) is 18.4. The molecule has 2 aromatic rings. The number of hydrogen-bond donors (Lipinski definition) is 2. The second-order valence-corrected chi connectivity index (χ2v) is 8.84. The molecule has 0 aliphatic heterocycles. The minimum atomic E-state index is -2.67. The SMILES string of the molecule is CCc1ccc(F)c(-c2nc(NC3CCC(F)(F)CC3)nc(NC3CCC(F)(F)CC3)n2)n1. The minimum absolute atomic E-state index is 0.00919. The predicted molar refractivity (Wildman–Crippen MR) is 114 cm³/mol. The molecule has 2 N–H and O–H groups in total. The molecular weight excluding hydrogens is 443 g/mol. The first-order valence-electron chi connectivity index (χ1n) is 11.3. The van der Waals surface area contributed by atoms with Gasteiger partial charge in [0.2, 0.25) is 23.7 Å². The second-order valence-electron chi connectivity index (χ2n) is 8.84. The van der Waals surface area contributed by atoms with Crippen LogP contribution in [-0.4, -0.2) is 43.9 Å². The Morgan fingerprint density at radius 3 is 1.73 bits per heavy atom. The Balaban J connectivity index is 1.60. The van der Waals surface area contributed by atoms with Gasteiger partial charge >= 0.3 is 0 Å². The molecule has 2 saturated carbocycles. The van der Waals surface area contributed by atoms with Crippen molar-refractivity contribution in [1.29, 1.82) is 0 Å². The van der Waals surface area contributed by atoms with Crippen molar-refractivity contribution in [3.8, 4) is 11.5 Å². The highest BCUT2D eigenvalue weighted by molar-refractivity contribution is 5.55. The highest BCUT2D eigenvalue weighted by atomic mass is 19.3. The van der Waals surface area contributed by atoms with E-state index in [-0.39, 0.29) is 86.9 Å². The van der Waals surface area contributed by atoms with E-state index in [0.29, 0.717) is 12.1 Å². The van der Waals surface area contributed by atoms with Crippen molar-refractivity contribution in [3.05, 3.63) is 23.6 Å². The smallest absolute Gasteiger partial charge is 0.248 e. The Labute approximate surface area is 188 Å². The summed E-state index contributed by atoms with van der Waals surface area (Å²) in [6, 6.07) is 2.34. The number of aromatic nitrogens is 4. The molecule has 2 aromatic heterocycles. The fourth-order valence-corrected chi connectivity index (χ4v) is 4.18. The van der Waals surface area contributed by atoms with Crippen LogP contribution in [0.4, 0.5) is 33.8 Å². The molecule has 0 saturated heterocycles. The largest absolute Gasteiger partial charge is 0.351 e. The third-order valence-corrected chi connectivity index (χ3v) is 6.21. The number of rotatable bonds is 6. The molecule has 0 amide bonds. The molecule has 2 aliphatic rings. The third kappa shape index (κ3) is 6.05. The Bertz CT molecular complexity index is 917. The Morgan fingerprint density at radius 1 is 0.788 bits per heavy atom. The van der Waals surface area contributed by atoms with Crippen LogP contribution in [0.5, 0.6) is 0 Å². The van der Waals surface area contributed by atoms with E-state index in [1.807, 2.05) is 6.92 Å². The van der Waals surface area contributed by atoms with Crippen LogP contribution in [0.1, 0.15) is 64.0 Å². The van der Waals surface area contributed by atoms with Gasteiger partial charge in [0.15, 0.2) is 11.6 Å². The Hall–Kier alpha value is -2.59. The van der Waals surface area contributed by atoms with E-state index >= 15 is 0 Å². The highest BCUT2D eigenvalue weighted by Crippen LogP contribution is 2.35. The normalized spacial score (nSPS) is 21.0. The summed E-state index contributed by atoms with van der Waals surface area (Å²) < 4.78 is 68.6. The molecule has 180 valence electrons. The van der Waals surface area contributed by atoms with Crippen molar-refractivity contribution >= 4 is 11.9 Å². The van der Waals surface area contributed by atoms with Crippen molar-refractivity contribution < 1.29 is 22.0 Å². The summed E-state index contributed by atoms with van der Waals surface area (Å²) in [5.74, 6) is -5.74. The molecule has 0 unspecified atom stereocenters. The van der Waals surface area contributed by atoms with Crippen LogP contribution >= 0.6 is 0 Å². The van der Waals surface area contributed by atoms with E-state index < -0.39 is 17.7 Å². The summed E-state index contributed by atoms with van der Waals surface area (Å²) in [5, 5.41) is 6.12. The van der Waals surface area contributed by atoms with Gasteiger partial charge in [0.1, 0.15) is 5.69 Å². The molecule has 0 bridgehead atoms. The van der Waals surface area contributed by atoms with E-state index in [1.54, 1.807) is 6.07 Å². The van der Waals surface area contributed by atoms with Gasteiger partial charge < -0.3 is 10.6 Å². The topological polar surface area (TPSA) is 75.6 Å². The van der Waals surface area contributed by atoms with Gasteiger partial charge in [-0.15, -0.1) is 0 Å². The Morgan fingerprint density at radius 2 is 1.27 bits per heavy atom. The maximum Gasteiger partial charge on any atom is 0.248 e. The summed E-state index contributed by atoms with van der Waals surface area (Å²) in [6.07, 6.45) is 0.605. The lowest BCUT2D eigenvalue weighted by molar-refractivity contribution is -0.0366. The number of nitrogens with zero attached hydrogens (tertiary/aromatic N) is 4. The lowest BCUT2D eigenvalue weighted by Gasteiger charge is -2.30. The number of halogens is 5. The summed E-state index contributed by atoms with van der Waals surface area (Å²) in [7, 11) is 0. The zero-order chi connectivity index (χ0) is 23.6. The van der Waals surface area contributed by atoms with E-state index in [0.717, 1.165) is 0 Å². The molecule has 4 rings (SSSR count). The zero-order valence-electron chi connectivity index (χ0n) is 18.4. The van der Waals surface area contributed by atoms with Gasteiger partial charge in [-0.1, -0.05) is 6.92 Å². The van der Waals surface area contributed by atoms with Crippen LogP contribution < -0.4 is 10.6 Å². The van der Waals surface area contributed by atoms with Gasteiger partial charge in [-0.3, -0.25) is 0 Å². The van der Waals surface area contributed by atoms with Crippen molar-refractivity contribution in [2.75, 3.05) is 10.6 Å². The van der Waals surface area contributed by atoms with Crippen LogP contribution in [-0.2, 0) is 6.42 Å². The van der Waals surface area contributed by atoms with E-state index in [4.69, 9.17) is 0 Å². The monoisotopic (exact) mass is 470 g/mol. The standard InChI is InChI=1S/C22H27F5N6/c1-2-13-3-4-16(23)17(28-13)18-31-19(29-14-5-9-21(24,25)10-6-14)33-20(32-18)30-15-7-11-22(26,27)12-8-15/h3-4,14-15H,2,5-12H2,1H3,(H2,29,30,31,32,33). The van der Waals surface area contributed by atoms with Crippen molar-refractivity contribution in [1.82, 2.24) is 19.9 Å². The predicted octanol–water partition coefficient (Wildman–Crippen LogP) is 5.61. The molecule has 6 nitrogen and oxygen atoms in total. The molecule has 0 atom stereocenters.